The molecular formula is C19H24N2O5S. The molecular weight excluding hydrogens is 368 g/mol. The molecule has 7 nitrogen and oxygen atoms in total. The second-order valence-electron chi connectivity index (χ2n) is 5.67. The van der Waals surface area contributed by atoms with Crippen LogP contribution in [0.2, 0.25) is 0 Å². The van der Waals surface area contributed by atoms with Crippen molar-refractivity contribution in [3.63, 3.8) is 0 Å². The summed E-state index contributed by atoms with van der Waals surface area (Å²) < 4.78 is 38.1. The second kappa shape index (κ2) is 9.38. The molecule has 0 aliphatic rings. The number of sulfonamides is 1. The number of anilines is 1. The Morgan fingerprint density at radius 3 is 2.26 bits per heavy atom. The summed E-state index contributed by atoms with van der Waals surface area (Å²) in [6, 6.07) is 12.0. The van der Waals surface area contributed by atoms with Crippen LogP contribution in [0.25, 0.3) is 0 Å². The minimum Gasteiger partial charge on any atom is -0.494 e. The summed E-state index contributed by atoms with van der Waals surface area (Å²) in [5.74, 6) is 0.612. The van der Waals surface area contributed by atoms with Crippen molar-refractivity contribution in [1.29, 1.82) is 0 Å². The summed E-state index contributed by atoms with van der Waals surface area (Å²) in [6.45, 7) is 6.10. The zero-order chi connectivity index (χ0) is 19.9. The normalized spacial score (nSPS) is 12.3. The Morgan fingerprint density at radius 1 is 1.00 bits per heavy atom. The van der Waals surface area contributed by atoms with E-state index in [0.717, 1.165) is 0 Å². The van der Waals surface area contributed by atoms with Crippen LogP contribution in [-0.2, 0) is 14.8 Å². The largest absolute Gasteiger partial charge is 0.494 e. The molecule has 2 aromatic rings. The topological polar surface area (TPSA) is 93.7 Å². The Labute approximate surface area is 159 Å². The molecule has 0 fully saturated rings. The van der Waals surface area contributed by atoms with E-state index in [-0.39, 0.29) is 4.90 Å². The summed E-state index contributed by atoms with van der Waals surface area (Å²) in [4.78, 5) is 12.5. The van der Waals surface area contributed by atoms with E-state index in [9.17, 15) is 13.2 Å². The predicted octanol–water partition coefficient (Wildman–Crippen LogP) is 2.79. The molecule has 0 saturated carbocycles. The maximum Gasteiger partial charge on any atom is 0.242 e. The SMILES string of the molecule is CCOc1ccc(S(=O)(=O)N[C@H](C)C(=O)Nc2ccccc2OCC)cc1. The highest BCUT2D eigenvalue weighted by Crippen LogP contribution is 2.24. The van der Waals surface area contributed by atoms with Crippen LogP contribution in [0.3, 0.4) is 0 Å². The van der Waals surface area contributed by atoms with Crippen LogP contribution in [0, 0.1) is 0 Å². The summed E-state index contributed by atoms with van der Waals surface area (Å²) in [7, 11) is -3.85. The third-order valence-corrected chi connectivity index (χ3v) is 5.17. The van der Waals surface area contributed by atoms with Crippen molar-refractivity contribution in [3.05, 3.63) is 48.5 Å². The zero-order valence-corrected chi connectivity index (χ0v) is 16.4. The maximum atomic E-state index is 12.5. The summed E-state index contributed by atoms with van der Waals surface area (Å²) in [5, 5.41) is 2.68. The monoisotopic (exact) mass is 392 g/mol. The molecule has 8 heteroatoms. The molecule has 0 radical (unpaired) electrons. The van der Waals surface area contributed by atoms with Gasteiger partial charge in [0.2, 0.25) is 15.9 Å². The molecule has 0 aliphatic carbocycles. The van der Waals surface area contributed by atoms with Gasteiger partial charge in [-0.2, -0.15) is 4.72 Å². The highest BCUT2D eigenvalue weighted by Gasteiger charge is 2.22. The lowest BCUT2D eigenvalue weighted by Crippen LogP contribution is -2.41. The van der Waals surface area contributed by atoms with Crippen LogP contribution < -0.4 is 19.5 Å². The van der Waals surface area contributed by atoms with E-state index in [4.69, 9.17) is 9.47 Å². The molecule has 2 N–H and O–H groups in total. The average Bonchev–Trinajstić information content (AvgIpc) is 2.64. The fourth-order valence-corrected chi connectivity index (χ4v) is 3.53. The number of para-hydroxylation sites is 2. The molecule has 0 aromatic heterocycles. The smallest absolute Gasteiger partial charge is 0.242 e. The van der Waals surface area contributed by atoms with E-state index in [1.807, 2.05) is 13.8 Å². The first kappa shape index (κ1) is 20.7. The lowest BCUT2D eigenvalue weighted by molar-refractivity contribution is -0.117. The Morgan fingerprint density at radius 2 is 1.63 bits per heavy atom. The number of hydrogen-bond acceptors (Lipinski definition) is 5. The van der Waals surface area contributed by atoms with E-state index in [0.29, 0.717) is 30.4 Å². The van der Waals surface area contributed by atoms with Gasteiger partial charge in [-0.25, -0.2) is 8.42 Å². The fraction of sp³-hybridized carbons (Fsp3) is 0.316. The second-order valence-corrected chi connectivity index (χ2v) is 7.38. The molecule has 0 aliphatic heterocycles. The van der Waals surface area contributed by atoms with E-state index >= 15 is 0 Å². The molecule has 0 spiro atoms. The number of nitrogens with one attached hydrogen (secondary N) is 2. The van der Waals surface area contributed by atoms with Gasteiger partial charge in [-0.05, 0) is 57.2 Å². The Balaban J connectivity index is 2.06. The van der Waals surface area contributed by atoms with E-state index in [2.05, 4.69) is 10.0 Å². The number of amides is 1. The van der Waals surface area contributed by atoms with Crippen LogP contribution in [0.4, 0.5) is 5.69 Å². The third-order valence-electron chi connectivity index (χ3n) is 3.62. The first-order chi connectivity index (χ1) is 12.9. The van der Waals surface area contributed by atoms with Crippen LogP contribution in [-0.4, -0.2) is 33.6 Å². The first-order valence-corrected chi connectivity index (χ1v) is 10.1. The molecule has 0 bridgehead atoms. The van der Waals surface area contributed by atoms with Crippen molar-refractivity contribution < 1.29 is 22.7 Å². The number of benzene rings is 2. The van der Waals surface area contributed by atoms with Gasteiger partial charge in [0.15, 0.2) is 0 Å². The Hall–Kier alpha value is -2.58. The van der Waals surface area contributed by atoms with Crippen molar-refractivity contribution >= 4 is 21.6 Å². The van der Waals surface area contributed by atoms with Crippen molar-refractivity contribution in [1.82, 2.24) is 4.72 Å². The first-order valence-electron chi connectivity index (χ1n) is 8.65. The summed E-state index contributed by atoms with van der Waals surface area (Å²) in [6.07, 6.45) is 0. The standard InChI is InChI=1S/C19H24N2O5S/c1-4-25-15-10-12-16(13-11-15)27(23,24)21-14(3)19(22)20-17-8-6-7-9-18(17)26-5-2/h6-14,21H,4-5H2,1-3H3,(H,20,22)/t14-/m1/s1. The van der Waals surface area contributed by atoms with Crippen molar-refractivity contribution in [2.24, 2.45) is 0 Å². The average molecular weight is 392 g/mol. The number of carbonyl (C=O) groups excluding carboxylic acids is 1. The number of hydrogen-bond donors (Lipinski definition) is 2. The van der Waals surface area contributed by atoms with Gasteiger partial charge >= 0.3 is 0 Å². The summed E-state index contributed by atoms with van der Waals surface area (Å²) in [5.41, 5.74) is 0.483. The van der Waals surface area contributed by atoms with Gasteiger partial charge in [0.05, 0.1) is 29.8 Å². The fourth-order valence-electron chi connectivity index (χ4n) is 2.33. The Bertz CT molecular complexity index is 866. The van der Waals surface area contributed by atoms with E-state index < -0.39 is 22.0 Å². The zero-order valence-electron chi connectivity index (χ0n) is 15.6. The highest BCUT2D eigenvalue weighted by molar-refractivity contribution is 7.89. The third kappa shape index (κ3) is 5.70. The molecule has 0 saturated heterocycles. The molecule has 146 valence electrons. The van der Waals surface area contributed by atoms with E-state index in [1.54, 1.807) is 36.4 Å². The van der Waals surface area contributed by atoms with Gasteiger partial charge in [-0.3, -0.25) is 4.79 Å². The van der Waals surface area contributed by atoms with Gasteiger partial charge in [0, 0.05) is 0 Å². The molecule has 27 heavy (non-hydrogen) atoms. The quantitative estimate of drug-likeness (QED) is 0.684. The van der Waals surface area contributed by atoms with E-state index in [1.165, 1.54) is 19.1 Å². The molecule has 0 heterocycles. The van der Waals surface area contributed by atoms with Gasteiger partial charge in [0.1, 0.15) is 11.5 Å². The molecule has 0 unspecified atom stereocenters. The van der Waals surface area contributed by atoms with Gasteiger partial charge in [-0.15, -0.1) is 0 Å². The number of rotatable bonds is 9. The van der Waals surface area contributed by atoms with Crippen LogP contribution in [0.15, 0.2) is 53.4 Å². The van der Waals surface area contributed by atoms with Gasteiger partial charge in [0.25, 0.3) is 0 Å². The number of carbonyl (C=O) groups is 1. The lowest BCUT2D eigenvalue weighted by atomic mass is 10.2. The van der Waals surface area contributed by atoms with Crippen LogP contribution >= 0.6 is 0 Å². The maximum absolute atomic E-state index is 12.5. The minimum atomic E-state index is -3.85. The van der Waals surface area contributed by atoms with Crippen LogP contribution in [0.1, 0.15) is 20.8 Å². The molecule has 2 rings (SSSR count). The number of ether oxygens (including phenoxy) is 2. The predicted molar refractivity (Wildman–Crippen MR) is 104 cm³/mol. The lowest BCUT2D eigenvalue weighted by Gasteiger charge is -2.16. The Kier molecular flexibility index (Phi) is 7.20. The van der Waals surface area contributed by atoms with Gasteiger partial charge in [-0.1, -0.05) is 12.1 Å². The van der Waals surface area contributed by atoms with Crippen molar-refractivity contribution in [3.8, 4) is 11.5 Å². The minimum absolute atomic E-state index is 0.0559. The summed E-state index contributed by atoms with van der Waals surface area (Å²) >= 11 is 0. The molecule has 1 amide bonds. The van der Waals surface area contributed by atoms with Crippen LogP contribution in [0.5, 0.6) is 11.5 Å². The van der Waals surface area contributed by atoms with Crippen molar-refractivity contribution in [2.75, 3.05) is 18.5 Å². The highest BCUT2D eigenvalue weighted by atomic mass is 32.2. The molecule has 1 atom stereocenters. The molecule has 2 aromatic carbocycles. The van der Waals surface area contributed by atoms with Gasteiger partial charge < -0.3 is 14.8 Å². The van der Waals surface area contributed by atoms with Crippen molar-refractivity contribution in [2.45, 2.75) is 31.7 Å².